The molecule has 0 bridgehead atoms. The van der Waals surface area contributed by atoms with Crippen molar-refractivity contribution >= 4 is 5.95 Å². The summed E-state index contributed by atoms with van der Waals surface area (Å²) < 4.78 is 11.7. The molecule has 8 nitrogen and oxygen atoms in total. The van der Waals surface area contributed by atoms with Crippen LogP contribution in [0.25, 0.3) is 22.8 Å². The number of nitrogens with one attached hydrogen (secondary N) is 1. The van der Waals surface area contributed by atoms with Crippen molar-refractivity contribution < 1.29 is 9.26 Å². The van der Waals surface area contributed by atoms with E-state index >= 15 is 0 Å². The zero-order chi connectivity index (χ0) is 23.3. The van der Waals surface area contributed by atoms with Gasteiger partial charge in [-0.15, -0.1) is 0 Å². The van der Waals surface area contributed by atoms with Gasteiger partial charge in [0, 0.05) is 24.5 Å². The van der Waals surface area contributed by atoms with Crippen LogP contribution >= 0.6 is 0 Å². The highest BCUT2D eigenvalue weighted by Gasteiger charge is 2.19. The molecule has 0 atom stereocenters. The molecule has 1 saturated carbocycles. The minimum Gasteiger partial charge on any atom is -0.491 e. The fourth-order valence-electron chi connectivity index (χ4n) is 4.28. The Morgan fingerprint density at radius 1 is 0.912 bits per heavy atom. The topological polar surface area (TPSA) is 98.9 Å². The van der Waals surface area contributed by atoms with Gasteiger partial charge in [-0.25, -0.2) is 15.0 Å². The Morgan fingerprint density at radius 2 is 1.79 bits per heavy atom. The molecule has 8 heteroatoms. The second kappa shape index (κ2) is 9.99. The quantitative estimate of drug-likeness (QED) is 0.377. The Balaban J connectivity index is 1.30. The summed E-state index contributed by atoms with van der Waals surface area (Å²) in [5.74, 6) is 2.63. The van der Waals surface area contributed by atoms with E-state index < -0.39 is 0 Å². The molecule has 0 aromatic carbocycles. The lowest BCUT2D eigenvalue weighted by Crippen LogP contribution is -2.09. The van der Waals surface area contributed by atoms with Gasteiger partial charge in [-0.05, 0) is 62.9 Å². The Kier molecular flexibility index (Phi) is 6.46. The molecule has 1 aliphatic rings. The first kappa shape index (κ1) is 22.0. The van der Waals surface area contributed by atoms with Crippen molar-refractivity contribution in [1.29, 1.82) is 0 Å². The number of aromatic nitrogens is 5. The van der Waals surface area contributed by atoms with Crippen molar-refractivity contribution in [2.24, 2.45) is 5.92 Å². The first-order valence-electron chi connectivity index (χ1n) is 11.7. The Labute approximate surface area is 198 Å². The average molecular weight is 457 g/mol. The standard InChI is InChI=1S/C26H28N6O2/c1-17-20(15-29-26-28-14-12-22(31-26)21-9-5-6-13-27-21)25(34-32-17)23-10-11-24(18(2)30-23)33-16-19-7-3-4-8-19/h5-6,9-14,19H,3-4,7-8,15-16H2,1-2H3,(H,28,29,31). The SMILES string of the molecule is Cc1nc(-c2onc(C)c2CNc2nccc(-c3ccccn3)n2)ccc1OCC1CCCC1. The van der Waals surface area contributed by atoms with E-state index in [4.69, 9.17) is 14.2 Å². The summed E-state index contributed by atoms with van der Waals surface area (Å²) in [4.78, 5) is 18.0. The summed E-state index contributed by atoms with van der Waals surface area (Å²) in [7, 11) is 0. The predicted octanol–water partition coefficient (Wildman–Crippen LogP) is 5.39. The maximum Gasteiger partial charge on any atom is 0.223 e. The van der Waals surface area contributed by atoms with Crippen LogP contribution in [-0.4, -0.2) is 31.7 Å². The Hall–Kier alpha value is -3.81. The minimum absolute atomic E-state index is 0.455. The van der Waals surface area contributed by atoms with Crippen molar-refractivity contribution in [2.75, 3.05) is 11.9 Å². The molecule has 4 aromatic heterocycles. The van der Waals surface area contributed by atoms with Gasteiger partial charge in [0.1, 0.15) is 11.4 Å². The summed E-state index contributed by atoms with van der Waals surface area (Å²) in [6.07, 6.45) is 8.60. The van der Waals surface area contributed by atoms with Gasteiger partial charge in [-0.2, -0.15) is 0 Å². The second-order valence-corrected chi connectivity index (χ2v) is 8.65. The van der Waals surface area contributed by atoms with E-state index in [0.717, 1.165) is 46.4 Å². The number of hydrogen-bond acceptors (Lipinski definition) is 8. The summed E-state index contributed by atoms with van der Waals surface area (Å²) in [5, 5.41) is 7.46. The van der Waals surface area contributed by atoms with Crippen molar-refractivity contribution in [3.05, 3.63) is 65.7 Å². The van der Waals surface area contributed by atoms with Crippen LogP contribution in [-0.2, 0) is 6.54 Å². The molecular formula is C26H28N6O2. The lowest BCUT2D eigenvalue weighted by molar-refractivity contribution is 0.249. The molecule has 34 heavy (non-hydrogen) atoms. The lowest BCUT2D eigenvalue weighted by Gasteiger charge is -2.13. The molecule has 4 heterocycles. The number of anilines is 1. The van der Waals surface area contributed by atoms with Crippen LogP contribution < -0.4 is 10.1 Å². The molecule has 5 rings (SSSR count). The van der Waals surface area contributed by atoms with Gasteiger partial charge in [0.2, 0.25) is 5.95 Å². The van der Waals surface area contributed by atoms with Crippen LogP contribution in [0, 0.1) is 19.8 Å². The fraction of sp³-hybridized carbons (Fsp3) is 0.346. The third kappa shape index (κ3) is 4.90. The molecular weight excluding hydrogens is 428 g/mol. The first-order valence-corrected chi connectivity index (χ1v) is 11.7. The Morgan fingerprint density at radius 3 is 2.59 bits per heavy atom. The number of hydrogen-bond donors (Lipinski definition) is 1. The zero-order valence-electron chi connectivity index (χ0n) is 19.5. The highest BCUT2D eigenvalue weighted by Crippen LogP contribution is 2.30. The first-order chi connectivity index (χ1) is 16.7. The summed E-state index contributed by atoms with van der Waals surface area (Å²) in [6.45, 7) is 5.10. The summed E-state index contributed by atoms with van der Waals surface area (Å²) in [5.41, 5.74) is 4.83. The van der Waals surface area contributed by atoms with Gasteiger partial charge in [-0.3, -0.25) is 4.98 Å². The molecule has 0 radical (unpaired) electrons. The van der Waals surface area contributed by atoms with E-state index in [9.17, 15) is 0 Å². The summed E-state index contributed by atoms with van der Waals surface area (Å²) >= 11 is 0. The van der Waals surface area contributed by atoms with Crippen LogP contribution in [0.2, 0.25) is 0 Å². The van der Waals surface area contributed by atoms with Gasteiger partial charge in [0.15, 0.2) is 5.76 Å². The van der Waals surface area contributed by atoms with Crippen molar-refractivity contribution in [1.82, 2.24) is 25.1 Å². The van der Waals surface area contributed by atoms with Crippen molar-refractivity contribution in [2.45, 2.75) is 46.1 Å². The van der Waals surface area contributed by atoms with Gasteiger partial charge in [-0.1, -0.05) is 24.1 Å². The largest absolute Gasteiger partial charge is 0.491 e. The molecule has 174 valence electrons. The number of pyridine rings is 2. The normalized spacial score (nSPS) is 13.8. The van der Waals surface area contributed by atoms with Gasteiger partial charge >= 0.3 is 0 Å². The fourth-order valence-corrected chi connectivity index (χ4v) is 4.28. The summed E-state index contributed by atoms with van der Waals surface area (Å²) in [6, 6.07) is 11.5. The van der Waals surface area contributed by atoms with E-state index in [1.807, 2.05) is 50.2 Å². The monoisotopic (exact) mass is 456 g/mol. The van der Waals surface area contributed by atoms with E-state index in [-0.39, 0.29) is 0 Å². The lowest BCUT2D eigenvalue weighted by atomic mass is 10.1. The minimum atomic E-state index is 0.455. The number of nitrogens with zero attached hydrogens (tertiary/aromatic N) is 5. The second-order valence-electron chi connectivity index (χ2n) is 8.65. The molecule has 1 N–H and O–H groups in total. The third-order valence-corrected chi connectivity index (χ3v) is 6.21. The zero-order valence-corrected chi connectivity index (χ0v) is 19.5. The van der Waals surface area contributed by atoms with E-state index in [0.29, 0.717) is 24.2 Å². The van der Waals surface area contributed by atoms with Crippen LogP contribution in [0.4, 0.5) is 5.95 Å². The van der Waals surface area contributed by atoms with Gasteiger partial charge in [0.05, 0.1) is 29.4 Å². The maximum atomic E-state index is 6.06. The maximum absolute atomic E-state index is 6.06. The molecule has 0 saturated heterocycles. The van der Waals surface area contributed by atoms with Crippen LogP contribution in [0.1, 0.15) is 42.6 Å². The van der Waals surface area contributed by atoms with E-state index in [2.05, 4.69) is 25.4 Å². The Bertz CT molecular complexity index is 1250. The van der Waals surface area contributed by atoms with Crippen LogP contribution in [0.5, 0.6) is 5.75 Å². The van der Waals surface area contributed by atoms with Gasteiger partial charge in [0.25, 0.3) is 0 Å². The molecule has 0 unspecified atom stereocenters. The smallest absolute Gasteiger partial charge is 0.223 e. The number of ether oxygens (including phenoxy) is 1. The number of rotatable bonds is 8. The van der Waals surface area contributed by atoms with Crippen molar-refractivity contribution in [3.8, 4) is 28.6 Å². The molecule has 4 aromatic rings. The average Bonchev–Trinajstić information content (AvgIpc) is 3.52. The predicted molar refractivity (Wildman–Crippen MR) is 129 cm³/mol. The third-order valence-electron chi connectivity index (χ3n) is 6.21. The van der Waals surface area contributed by atoms with Crippen LogP contribution in [0.3, 0.4) is 0 Å². The van der Waals surface area contributed by atoms with E-state index in [1.54, 1.807) is 12.4 Å². The number of aryl methyl sites for hydroxylation is 2. The molecule has 1 aliphatic carbocycles. The molecule has 1 fully saturated rings. The molecule has 0 amide bonds. The van der Waals surface area contributed by atoms with Crippen LogP contribution in [0.15, 0.2) is 53.3 Å². The van der Waals surface area contributed by atoms with E-state index in [1.165, 1.54) is 25.7 Å². The van der Waals surface area contributed by atoms with Crippen molar-refractivity contribution in [3.63, 3.8) is 0 Å². The highest BCUT2D eigenvalue weighted by atomic mass is 16.5. The molecule has 0 spiro atoms. The van der Waals surface area contributed by atoms with Gasteiger partial charge < -0.3 is 14.6 Å². The molecule has 0 aliphatic heterocycles. The highest BCUT2D eigenvalue weighted by molar-refractivity contribution is 5.60.